The number of nitrogens with zero attached hydrogens (tertiary/aromatic N) is 1. The Morgan fingerprint density at radius 1 is 1.10 bits per heavy atom. The predicted octanol–water partition coefficient (Wildman–Crippen LogP) is 3.23. The molecule has 1 aromatic rings. The minimum atomic E-state index is 0.326. The van der Waals surface area contributed by atoms with E-state index < -0.39 is 0 Å². The number of benzene rings is 1. The lowest BCUT2D eigenvalue weighted by molar-refractivity contribution is 0.0921. The van der Waals surface area contributed by atoms with Gasteiger partial charge in [-0.2, -0.15) is 0 Å². The standard InChI is InChI=1S/C18H23NO/c20-18(12-19(17-8-9-17)11-13-4-5-13)16-7-6-14-2-1-3-15(14)10-16/h6-7,10,13,17H,1-5,8-9,11-12H2. The zero-order chi connectivity index (χ0) is 13.5. The minimum Gasteiger partial charge on any atom is -0.293 e. The van der Waals surface area contributed by atoms with E-state index in [9.17, 15) is 4.79 Å². The highest BCUT2D eigenvalue weighted by Crippen LogP contribution is 2.35. The van der Waals surface area contributed by atoms with Crippen LogP contribution in [0, 0.1) is 5.92 Å². The number of Topliss-reactive ketones (excluding diaryl/α,β-unsaturated/α-hetero) is 1. The van der Waals surface area contributed by atoms with Crippen molar-refractivity contribution in [1.29, 1.82) is 0 Å². The van der Waals surface area contributed by atoms with Crippen molar-refractivity contribution in [3.05, 3.63) is 34.9 Å². The van der Waals surface area contributed by atoms with Crippen molar-refractivity contribution < 1.29 is 4.79 Å². The van der Waals surface area contributed by atoms with Crippen LogP contribution in [0.2, 0.25) is 0 Å². The van der Waals surface area contributed by atoms with Gasteiger partial charge in [-0.15, -0.1) is 0 Å². The lowest BCUT2D eigenvalue weighted by Gasteiger charge is -2.21. The molecular formula is C18H23NO. The zero-order valence-corrected chi connectivity index (χ0v) is 12.1. The Morgan fingerprint density at radius 2 is 1.90 bits per heavy atom. The molecule has 2 heteroatoms. The molecule has 2 fully saturated rings. The van der Waals surface area contributed by atoms with Crippen LogP contribution in [0.15, 0.2) is 18.2 Å². The molecule has 0 heterocycles. The first-order valence-electron chi connectivity index (χ1n) is 8.18. The summed E-state index contributed by atoms with van der Waals surface area (Å²) in [6, 6.07) is 7.09. The zero-order valence-electron chi connectivity index (χ0n) is 12.1. The summed E-state index contributed by atoms with van der Waals surface area (Å²) in [5, 5.41) is 0. The normalized spacial score (nSPS) is 21.2. The second kappa shape index (κ2) is 5.00. The van der Waals surface area contributed by atoms with Gasteiger partial charge in [-0.25, -0.2) is 0 Å². The molecule has 0 bridgehead atoms. The smallest absolute Gasteiger partial charge is 0.176 e. The van der Waals surface area contributed by atoms with Gasteiger partial charge < -0.3 is 0 Å². The van der Waals surface area contributed by atoms with Gasteiger partial charge in [0, 0.05) is 18.2 Å². The molecule has 0 unspecified atom stereocenters. The fourth-order valence-electron chi connectivity index (χ4n) is 3.44. The van der Waals surface area contributed by atoms with Gasteiger partial charge in [0.25, 0.3) is 0 Å². The molecule has 106 valence electrons. The van der Waals surface area contributed by atoms with Crippen molar-refractivity contribution in [1.82, 2.24) is 4.90 Å². The Labute approximate surface area is 121 Å². The molecule has 2 saturated carbocycles. The van der Waals surface area contributed by atoms with Gasteiger partial charge >= 0.3 is 0 Å². The molecule has 3 aliphatic rings. The van der Waals surface area contributed by atoms with Crippen LogP contribution in [0.25, 0.3) is 0 Å². The molecule has 0 radical (unpaired) electrons. The van der Waals surface area contributed by atoms with Crippen molar-refractivity contribution in [2.75, 3.05) is 13.1 Å². The molecule has 0 N–H and O–H groups in total. The van der Waals surface area contributed by atoms with Crippen LogP contribution >= 0.6 is 0 Å². The highest BCUT2D eigenvalue weighted by atomic mass is 16.1. The first-order valence-corrected chi connectivity index (χ1v) is 8.18. The monoisotopic (exact) mass is 269 g/mol. The topological polar surface area (TPSA) is 20.3 Å². The van der Waals surface area contributed by atoms with Crippen molar-refractivity contribution in [3.63, 3.8) is 0 Å². The third kappa shape index (κ3) is 2.67. The Balaban J connectivity index is 1.45. The fraction of sp³-hybridized carbons (Fsp3) is 0.611. The Bertz CT molecular complexity index is 528. The van der Waals surface area contributed by atoms with Crippen molar-refractivity contribution in [2.24, 2.45) is 5.92 Å². The molecule has 3 aliphatic carbocycles. The summed E-state index contributed by atoms with van der Waals surface area (Å²) in [6.45, 7) is 1.79. The summed E-state index contributed by atoms with van der Waals surface area (Å²) in [5.74, 6) is 1.20. The molecule has 20 heavy (non-hydrogen) atoms. The maximum Gasteiger partial charge on any atom is 0.176 e. The minimum absolute atomic E-state index is 0.326. The van der Waals surface area contributed by atoms with Gasteiger partial charge in [0.05, 0.1) is 6.54 Å². The molecule has 0 saturated heterocycles. The number of hydrogen-bond acceptors (Lipinski definition) is 2. The highest BCUT2D eigenvalue weighted by molar-refractivity contribution is 5.98. The van der Waals surface area contributed by atoms with E-state index in [0.29, 0.717) is 18.4 Å². The first-order chi connectivity index (χ1) is 9.79. The van der Waals surface area contributed by atoms with E-state index in [0.717, 1.165) is 24.4 Å². The van der Waals surface area contributed by atoms with Crippen LogP contribution < -0.4 is 0 Å². The summed E-state index contributed by atoms with van der Waals surface area (Å²) < 4.78 is 0. The van der Waals surface area contributed by atoms with Gasteiger partial charge in [-0.3, -0.25) is 9.69 Å². The molecule has 1 aromatic carbocycles. The summed E-state index contributed by atoms with van der Waals surface area (Å²) in [6.07, 6.45) is 8.94. The molecule has 4 rings (SSSR count). The third-order valence-corrected chi connectivity index (χ3v) is 5.02. The third-order valence-electron chi connectivity index (χ3n) is 5.02. The lowest BCUT2D eigenvalue weighted by Crippen LogP contribution is -2.33. The maximum absolute atomic E-state index is 12.5. The number of aryl methyl sites for hydroxylation is 2. The van der Waals surface area contributed by atoms with Crippen LogP contribution in [0.4, 0.5) is 0 Å². The van der Waals surface area contributed by atoms with Crippen LogP contribution in [0.1, 0.15) is 53.6 Å². The predicted molar refractivity (Wildman–Crippen MR) is 80.1 cm³/mol. The van der Waals surface area contributed by atoms with E-state index in [1.54, 1.807) is 0 Å². The Hall–Kier alpha value is -1.15. The van der Waals surface area contributed by atoms with E-state index in [-0.39, 0.29) is 0 Å². The number of ketones is 1. The van der Waals surface area contributed by atoms with Gasteiger partial charge in [-0.05, 0) is 68.1 Å². The molecule has 0 aliphatic heterocycles. The number of rotatable bonds is 6. The number of carbonyl (C=O) groups excluding carboxylic acids is 1. The lowest BCUT2D eigenvalue weighted by atomic mass is 10.0. The Kier molecular flexibility index (Phi) is 3.14. The second-order valence-electron chi connectivity index (χ2n) is 6.86. The summed E-state index contributed by atoms with van der Waals surface area (Å²) >= 11 is 0. The molecular weight excluding hydrogens is 246 g/mol. The van der Waals surface area contributed by atoms with Crippen LogP contribution in [-0.2, 0) is 12.8 Å². The van der Waals surface area contributed by atoms with Gasteiger partial charge in [0.15, 0.2) is 5.78 Å². The van der Waals surface area contributed by atoms with E-state index in [1.807, 2.05) is 0 Å². The molecule has 2 nitrogen and oxygen atoms in total. The van der Waals surface area contributed by atoms with Crippen molar-refractivity contribution in [2.45, 2.75) is 51.0 Å². The number of fused-ring (bicyclic) bond motifs is 1. The SMILES string of the molecule is O=C(CN(CC1CC1)C1CC1)c1ccc2c(c1)CCC2. The molecule has 0 amide bonds. The van der Waals surface area contributed by atoms with Crippen LogP contribution in [-0.4, -0.2) is 29.8 Å². The molecule has 0 aromatic heterocycles. The largest absolute Gasteiger partial charge is 0.293 e. The van der Waals surface area contributed by atoms with Gasteiger partial charge in [0.2, 0.25) is 0 Å². The summed E-state index contributed by atoms with van der Waals surface area (Å²) in [5.41, 5.74) is 3.81. The van der Waals surface area contributed by atoms with Crippen LogP contribution in [0.3, 0.4) is 0 Å². The van der Waals surface area contributed by atoms with E-state index in [1.165, 1.54) is 49.7 Å². The molecule has 0 atom stereocenters. The fourth-order valence-corrected chi connectivity index (χ4v) is 3.44. The van der Waals surface area contributed by atoms with Crippen molar-refractivity contribution >= 4 is 5.78 Å². The van der Waals surface area contributed by atoms with E-state index in [2.05, 4.69) is 23.1 Å². The second-order valence-corrected chi connectivity index (χ2v) is 6.86. The van der Waals surface area contributed by atoms with Crippen LogP contribution in [0.5, 0.6) is 0 Å². The number of carbonyl (C=O) groups is 1. The summed E-state index contributed by atoms with van der Waals surface area (Å²) in [7, 11) is 0. The van der Waals surface area contributed by atoms with Gasteiger partial charge in [-0.1, -0.05) is 12.1 Å². The van der Waals surface area contributed by atoms with Crippen molar-refractivity contribution in [3.8, 4) is 0 Å². The quantitative estimate of drug-likeness (QED) is 0.739. The maximum atomic E-state index is 12.5. The first kappa shape index (κ1) is 12.6. The van der Waals surface area contributed by atoms with Gasteiger partial charge in [0.1, 0.15) is 0 Å². The average molecular weight is 269 g/mol. The highest BCUT2D eigenvalue weighted by Gasteiger charge is 2.34. The van der Waals surface area contributed by atoms with E-state index in [4.69, 9.17) is 0 Å². The molecule has 0 spiro atoms. The van der Waals surface area contributed by atoms with E-state index >= 15 is 0 Å². The Morgan fingerprint density at radius 3 is 2.65 bits per heavy atom. The average Bonchev–Trinajstić information content (AvgIpc) is 3.36. The summed E-state index contributed by atoms with van der Waals surface area (Å²) in [4.78, 5) is 15.0. The number of hydrogen-bond donors (Lipinski definition) is 0.